The summed E-state index contributed by atoms with van der Waals surface area (Å²) in [5, 5.41) is 19.3. The summed E-state index contributed by atoms with van der Waals surface area (Å²) in [6, 6.07) is 15.4. The molecule has 0 aliphatic carbocycles. The van der Waals surface area contributed by atoms with Crippen LogP contribution in [-0.2, 0) is 0 Å². The molecule has 5 nitrogen and oxygen atoms in total. The summed E-state index contributed by atoms with van der Waals surface area (Å²) in [7, 11) is 0. The van der Waals surface area contributed by atoms with Crippen molar-refractivity contribution in [1.29, 1.82) is 0 Å². The highest BCUT2D eigenvalue weighted by Crippen LogP contribution is 2.29. The molecule has 3 rings (SSSR count). The van der Waals surface area contributed by atoms with Crippen LogP contribution in [0.5, 0.6) is 11.5 Å². The number of benzene rings is 2. The van der Waals surface area contributed by atoms with Gasteiger partial charge in [-0.15, -0.1) is 0 Å². The second-order valence-corrected chi connectivity index (χ2v) is 7.81. The van der Waals surface area contributed by atoms with Crippen LogP contribution >= 0.6 is 0 Å². The highest BCUT2D eigenvalue weighted by Gasteiger charge is 2.20. The molecule has 0 spiro atoms. The lowest BCUT2D eigenvalue weighted by Gasteiger charge is -2.15. The number of nitrogens with zero attached hydrogens (tertiary/aromatic N) is 1. The molecule has 2 aromatic carbocycles. The van der Waals surface area contributed by atoms with Crippen molar-refractivity contribution >= 4 is 5.57 Å². The van der Waals surface area contributed by atoms with E-state index in [2.05, 4.69) is 18.7 Å². The summed E-state index contributed by atoms with van der Waals surface area (Å²) < 4.78 is 23.5. The van der Waals surface area contributed by atoms with Gasteiger partial charge in [-0.25, -0.2) is 4.39 Å². The third-order valence-electron chi connectivity index (χ3n) is 4.86. The summed E-state index contributed by atoms with van der Waals surface area (Å²) in [5.74, 6) is 1.32. The third-order valence-corrected chi connectivity index (χ3v) is 4.86. The van der Waals surface area contributed by atoms with Crippen LogP contribution in [0.4, 0.5) is 4.39 Å². The fourth-order valence-electron chi connectivity index (χ4n) is 3.21. The molecular formula is C24H30FNO4. The SMILES string of the molecule is CC(C)=C(c1ccc(OCC(O)CF)cc1)c1ccc(OCC(O)CN2CC2)cc1. The summed E-state index contributed by atoms with van der Waals surface area (Å²) in [6.07, 6.45) is -1.58. The van der Waals surface area contributed by atoms with Crippen molar-refractivity contribution in [3.63, 3.8) is 0 Å². The van der Waals surface area contributed by atoms with E-state index in [4.69, 9.17) is 9.47 Å². The molecule has 1 aliphatic heterocycles. The second-order valence-electron chi connectivity index (χ2n) is 7.81. The molecule has 1 fully saturated rings. The Morgan fingerprint density at radius 3 is 1.73 bits per heavy atom. The lowest BCUT2D eigenvalue weighted by Crippen LogP contribution is -2.25. The predicted octanol–water partition coefficient (Wildman–Crippen LogP) is 3.29. The Morgan fingerprint density at radius 2 is 1.33 bits per heavy atom. The van der Waals surface area contributed by atoms with Gasteiger partial charge in [0.2, 0.25) is 0 Å². The average molecular weight is 416 g/mol. The lowest BCUT2D eigenvalue weighted by atomic mass is 9.94. The van der Waals surface area contributed by atoms with Gasteiger partial charge in [0.1, 0.15) is 43.6 Å². The fourth-order valence-corrected chi connectivity index (χ4v) is 3.21. The molecule has 0 amide bonds. The summed E-state index contributed by atoms with van der Waals surface area (Å²) in [6.45, 7) is 6.29. The first kappa shape index (κ1) is 22.3. The first-order chi connectivity index (χ1) is 14.5. The third kappa shape index (κ3) is 6.55. The van der Waals surface area contributed by atoms with Gasteiger partial charge in [-0.05, 0) is 54.8 Å². The van der Waals surface area contributed by atoms with E-state index in [9.17, 15) is 14.6 Å². The molecule has 0 saturated carbocycles. The Morgan fingerprint density at radius 1 is 0.867 bits per heavy atom. The average Bonchev–Trinajstić information content (AvgIpc) is 3.56. The number of aliphatic hydroxyl groups excluding tert-OH is 2. The molecule has 0 aromatic heterocycles. The quantitative estimate of drug-likeness (QED) is 0.552. The van der Waals surface area contributed by atoms with Crippen molar-refractivity contribution in [2.75, 3.05) is 39.5 Å². The van der Waals surface area contributed by atoms with E-state index in [1.165, 1.54) is 5.57 Å². The number of hydrogen-bond donors (Lipinski definition) is 2. The zero-order valence-corrected chi connectivity index (χ0v) is 17.6. The highest BCUT2D eigenvalue weighted by molar-refractivity contribution is 5.82. The van der Waals surface area contributed by atoms with Crippen LogP contribution < -0.4 is 9.47 Å². The number of β-amino-alcohol motifs (C(OH)–C–C–N with tert-alkyl or cyclic N) is 1. The number of alkyl halides is 1. The van der Waals surface area contributed by atoms with E-state index in [1.807, 2.05) is 48.5 Å². The summed E-state index contributed by atoms with van der Waals surface area (Å²) in [4.78, 5) is 2.16. The van der Waals surface area contributed by atoms with Crippen molar-refractivity contribution in [2.45, 2.75) is 26.1 Å². The van der Waals surface area contributed by atoms with Gasteiger partial charge in [-0.3, -0.25) is 4.90 Å². The van der Waals surface area contributed by atoms with Crippen LogP contribution in [0.3, 0.4) is 0 Å². The van der Waals surface area contributed by atoms with Crippen LogP contribution in [0.2, 0.25) is 0 Å². The molecule has 30 heavy (non-hydrogen) atoms. The smallest absolute Gasteiger partial charge is 0.119 e. The molecule has 2 atom stereocenters. The predicted molar refractivity (Wildman–Crippen MR) is 116 cm³/mol. The van der Waals surface area contributed by atoms with Gasteiger partial charge >= 0.3 is 0 Å². The zero-order chi connectivity index (χ0) is 21.5. The monoisotopic (exact) mass is 415 g/mol. The van der Waals surface area contributed by atoms with Gasteiger partial charge in [-0.1, -0.05) is 29.8 Å². The van der Waals surface area contributed by atoms with Crippen LogP contribution in [0.15, 0.2) is 54.1 Å². The number of aliphatic hydroxyl groups is 2. The molecule has 1 saturated heterocycles. The van der Waals surface area contributed by atoms with E-state index >= 15 is 0 Å². The standard InChI is InChI=1S/C24H30FNO4/c1-17(2)24(18-3-7-22(8-4-18)29-15-20(27)13-25)19-5-9-23(10-6-19)30-16-21(28)14-26-11-12-26/h3-10,20-21,27-28H,11-16H2,1-2H3. The van der Waals surface area contributed by atoms with E-state index in [-0.39, 0.29) is 13.2 Å². The van der Waals surface area contributed by atoms with Crippen molar-refractivity contribution in [1.82, 2.24) is 4.90 Å². The number of hydrogen-bond acceptors (Lipinski definition) is 5. The van der Waals surface area contributed by atoms with Crippen LogP contribution in [0.1, 0.15) is 25.0 Å². The molecule has 1 heterocycles. The Labute approximate surface area is 177 Å². The number of ether oxygens (including phenoxy) is 2. The second kappa shape index (κ2) is 10.6. The number of halogens is 1. The first-order valence-electron chi connectivity index (χ1n) is 10.2. The first-order valence-corrected chi connectivity index (χ1v) is 10.2. The molecule has 2 unspecified atom stereocenters. The minimum absolute atomic E-state index is 0.0699. The van der Waals surface area contributed by atoms with Crippen LogP contribution in [0, 0.1) is 0 Å². The van der Waals surface area contributed by atoms with E-state index in [0.29, 0.717) is 12.3 Å². The Hall–Kier alpha value is -2.41. The molecular weight excluding hydrogens is 385 g/mol. The lowest BCUT2D eigenvalue weighted by molar-refractivity contribution is 0.0842. The van der Waals surface area contributed by atoms with Crippen molar-refractivity contribution in [3.05, 3.63) is 65.2 Å². The van der Waals surface area contributed by atoms with Crippen molar-refractivity contribution in [3.8, 4) is 11.5 Å². The maximum atomic E-state index is 12.3. The van der Waals surface area contributed by atoms with Gasteiger partial charge < -0.3 is 19.7 Å². The van der Waals surface area contributed by atoms with Crippen LogP contribution in [-0.4, -0.2) is 66.8 Å². The zero-order valence-electron chi connectivity index (χ0n) is 17.6. The van der Waals surface area contributed by atoms with Crippen molar-refractivity contribution < 1.29 is 24.1 Å². The molecule has 6 heteroatoms. The fraction of sp³-hybridized carbons (Fsp3) is 0.417. The highest BCUT2D eigenvalue weighted by atomic mass is 19.1. The Balaban J connectivity index is 1.63. The molecule has 1 aliphatic rings. The number of rotatable bonds is 11. The molecule has 2 aromatic rings. The normalized spacial score (nSPS) is 15.4. The molecule has 0 radical (unpaired) electrons. The maximum Gasteiger partial charge on any atom is 0.119 e. The number of allylic oxidation sites excluding steroid dienone is 1. The van der Waals surface area contributed by atoms with E-state index < -0.39 is 18.9 Å². The summed E-state index contributed by atoms with van der Waals surface area (Å²) >= 11 is 0. The Kier molecular flexibility index (Phi) is 7.85. The van der Waals surface area contributed by atoms with Gasteiger partial charge in [0, 0.05) is 19.6 Å². The molecule has 2 N–H and O–H groups in total. The largest absolute Gasteiger partial charge is 0.491 e. The minimum atomic E-state index is -1.11. The van der Waals surface area contributed by atoms with Gasteiger partial charge in [-0.2, -0.15) is 0 Å². The molecule has 162 valence electrons. The Bertz CT molecular complexity index is 827. The van der Waals surface area contributed by atoms with Crippen molar-refractivity contribution in [2.24, 2.45) is 0 Å². The maximum absolute atomic E-state index is 12.3. The minimum Gasteiger partial charge on any atom is -0.491 e. The van der Waals surface area contributed by atoms with Crippen LogP contribution in [0.25, 0.3) is 5.57 Å². The van der Waals surface area contributed by atoms with E-state index in [1.54, 1.807) is 0 Å². The summed E-state index contributed by atoms with van der Waals surface area (Å²) in [5.41, 5.74) is 4.38. The van der Waals surface area contributed by atoms with E-state index in [0.717, 1.165) is 35.5 Å². The topological polar surface area (TPSA) is 61.9 Å². The van der Waals surface area contributed by atoms with Gasteiger partial charge in [0.15, 0.2) is 0 Å². The molecule has 0 bridgehead atoms. The van der Waals surface area contributed by atoms with Gasteiger partial charge in [0.05, 0.1) is 0 Å². The van der Waals surface area contributed by atoms with Gasteiger partial charge in [0.25, 0.3) is 0 Å².